The monoisotopic (exact) mass is 184 g/mol. The van der Waals surface area contributed by atoms with Crippen LogP contribution in [0.2, 0.25) is 0 Å². The van der Waals surface area contributed by atoms with Gasteiger partial charge < -0.3 is 9.73 Å². The molecule has 1 aromatic rings. The van der Waals surface area contributed by atoms with E-state index in [2.05, 4.69) is 10.3 Å². The average Bonchev–Trinajstić information content (AvgIpc) is 2.76. The fourth-order valence-electron chi connectivity index (χ4n) is 1.65. The molecule has 1 N–H and O–H groups in total. The number of hydrogen-bond donors (Lipinski definition) is 1. The molecule has 0 amide bonds. The predicted octanol–water partition coefficient (Wildman–Crippen LogP) is 1.44. The Morgan fingerprint density at radius 3 is 3.23 bits per heavy atom. The SMILES string of the molecule is FCc1coc(CC2CCCN2)n1. The summed E-state index contributed by atoms with van der Waals surface area (Å²) >= 11 is 0. The zero-order valence-electron chi connectivity index (χ0n) is 7.42. The predicted molar refractivity (Wildman–Crippen MR) is 46.0 cm³/mol. The van der Waals surface area contributed by atoms with Gasteiger partial charge >= 0.3 is 0 Å². The first-order valence-electron chi connectivity index (χ1n) is 4.61. The Balaban J connectivity index is 1.92. The van der Waals surface area contributed by atoms with Crippen LogP contribution >= 0.6 is 0 Å². The van der Waals surface area contributed by atoms with Crippen molar-refractivity contribution in [2.24, 2.45) is 0 Å². The first kappa shape index (κ1) is 8.69. The lowest BCUT2D eigenvalue weighted by Crippen LogP contribution is -2.23. The number of halogens is 1. The Morgan fingerprint density at radius 1 is 1.69 bits per heavy atom. The molecular formula is C9H13FN2O. The highest BCUT2D eigenvalue weighted by Crippen LogP contribution is 2.12. The van der Waals surface area contributed by atoms with E-state index in [4.69, 9.17) is 4.42 Å². The van der Waals surface area contributed by atoms with Gasteiger partial charge in [-0.05, 0) is 19.4 Å². The fraction of sp³-hybridized carbons (Fsp3) is 0.667. The van der Waals surface area contributed by atoms with Crippen LogP contribution in [0, 0.1) is 0 Å². The Kier molecular flexibility index (Phi) is 2.59. The third kappa shape index (κ3) is 2.06. The highest BCUT2D eigenvalue weighted by Gasteiger charge is 2.16. The maximum atomic E-state index is 12.1. The first-order chi connectivity index (χ1) is 6.38. The summed E-state index contributed by atoms with van der Waals surface area (Å²) in [5, 5.41) is 3.34. The van der Waals surface area contributed by atoms with E-state index < -0.39 is 6.67 Å². The molecule has 0 radical (unpaired) electrons. The minimum Gasteiger partial charge on any atom is -0.449 e. The molecule has 0 saturated carbocycles. The van der Waals surface area contributed by atoms with Crippen LogP contribution in [0.15, 0.2) is 10.7 Å². The van der Waals surface area contributed by atoms with Crippen LogP contribution in [0.25, 0.3) is 0 Å². The summed E-state index contributed by atoms with van der Waals surface area (Å²) < 4.78 is 17.2. The smallest absolute Gasteiger partial charge is 0.195 e. The second kappa shape index (κ2) is 3.87. The number of nitrogens with one attached hydrogen (secondary N) is 1. The second-order valence-electron chi connectivity index (χ2n) is 3.36. The lowest BCUT2D eigenvalue weighted by molar-refractivity contribution is 0.453. The third-order valence-corrected chi connectivity index (χ3v) is 2.32. The van der Waals surface area contributed by atoms with Gasteiger partial charge in [0.1, 0.15) is 18.6 Å². The zero-order chi connectivity index (χ0) is 9.10. The number of aromatic nitrogens is 1. The normalized spacial score (nSPS) is 22.4. The molecule has 13 heavy (non-hydrogen) atoms. The van der Waals surface area contributed by atoms with E-state index in [1.165, 1.54) is 12.7 Å². The van der Waals surface area contributed by atoms with Gasteiger partial charge in [-0.2, -0.15) is 0 Å². The maximum Gasteiger partial charge on any atom is 0.195 e. The maximum absolute atomic E-state index is 12.1. The summed E-state index contributed by atoms with van der Waals surface area (Å²) in [4.78, 5) is 4.01. The summed E-state index contributed by atoms with van der Waals surface area (Å²) in [5.41, 5.74) is 0.396. The van der Waals surface area contributed by atoms with Gasteiger partial charge in [0.15, 0.2) is 5.89 Å². The fourth-order valence-corrected chi connectivity index (χ4v) is 1.65. The number of rotatable bonds is 3. The highest BCUT2D eigenvalue weighted by molar-refractivity contribution is 4.97. The third-order valence-electron chi connectivity index (χ3n) is 2.32. The molecule has 0 bridgehead atoms. The van der Waals surface area contributed by atoms with Crippen LogP contribution < -0.4 is 5.32 Å². The van der Waals surface area contributed by atoms with Gasteiger partial charge in [-0.25, -0.2) is 9.37 Å². The van der Waals surface area contributed by atoms with Crippen LogP contribution in [0.5, 0.6) is 0 Å². The van der Waals surface area contributed by atoms with Crippen molar-refractivity contribution in [3.63, 3.8) is 0 Å². The number of hydrogen-bond acceptors (Lipinski definition) is 3. The van der Waals surface area contributed by atoms with Crippen LogP contribution in [-0.4, -0.2) is 17.6 Å². The standard InChI is InChI=1S/C9H13FN2O/c10-5-8-6-13-9(12-8)4-7-2-1-3-11-7/h6-7,11H,1-5H2. The molecule has 1 aliphatic rings. The molecule has 1 unspecified atom stereocenters. The number of nitrogens with zero attached hydrogens (tertiary/aromatic N) is 1. The molecule has 0 aliphatic carbocycles. The van der Waals surface area contributed by atoms with Crippen molar-refractivity contribution >= 4 is 0 Å². The lowest BCUT2D eigenvalue weighted by Gasteiger charge is -2.05. The molecule has 2 rings (SSSR count). The minimum absolute atomic E-state index is 0.396. The van der Waals surface area contributed by atoms with Crippen molar-refractivity contribution in [2.75, 3.05) is 6.54 Å². The van der Waals surface area contributed by atoms with E-state index in [0.29, 0.717) is 17.6 Å². The highest BCUT2D eigenvalue weighted by atomic mass is 19.1. The quantitative estimate of drug-likeness (QED) is 0.772. The van der Waals surface area contributed by atoms with E-state index in [0.717, 1.165) is 19.4 Å². The van der Waals surface area contributed by atoms with Gasteiger partial charge in [0.05, 0.1) is 0 Å². The summed E-state index contributed by atoms with van der Waals surface area (Å²) in [7, 11) is 0. The molecule has 1 saturated heterocycles. The Bertz CT molecular complexity index is 268. The summed E-state index contributed by atoms with van der Waals surface area (Å²) in [6.07, 6.45) is 4.54. The van der Waals surface area contributed by atoms with Gasteiger partial charge in [-0.1, -0.05) is 0 Å². The van der Waals surface area contributed by atoms with E-state index in [1.54, 1.807) is 0 Å². The van der Waals surface area contributed by atoms with Crippen molar-refractivity contribution in [3.8, 4) is 0 Å². The molecule has 1 aromatic heterocycles. The molecule has 1 atom stereocenters. The van der Waals surface area contributed by atoms with Crippen molar-refractivity contribution in [3.05, 3.63) is 17.8 Å². The van der Waals surface area contributed by atoms with E-state index in [-0.39, 0.29) is 0 Å². The first-order valence-corrected chi connectivity index (χ1v) is 4.61. The molecule has 1 aliphatic heterocycles. The summed E-state index contributed by atoms with van der Waals surface area (Å²) in [6.45, 7) is 0.531. The largest absolute Gasteiger partial charge is 0.449 e. The second-order valence-corrected chi connectivity index (χ2v) is 3.36. The average molecular weight is 184 g/mol. The molecule has 72 valence electrons. The van der Waals surface area contributed by atoms with E-state index in [9.17, 15) is 4.39 Å². The van der Waals surface area contributed by atoms with Gasteiger partial charge in [-0.15, -0.1) is 0 Å². The van der Waals surface area contributed by atoms with Crippen LogP contribution in [0.4, 0.5) is 4.39 Å². The van der Waals surface area contributed by atoms with Crippen molar-refractivity contribution in [1.82, 2.24) is 10.3 Å². The van der Waals surface area contributed by atoms with Gasteiger partial charge in [0.2, 0.25) is 0 Å². The van der Waals surface area contributed by atoms with E-state index >= 15 is 0 Å². The van der Waals surface area contributed by atoms with E-state index in [1.807, 2.05) is 0 Å². The summed E-state index contributed by atoms with van der Waals surface area (Å²) in [6, 6.07) is 0.464. The number of alkyl halides is 1. The van der Waals surface area contributed by atoms with Gasteiger partial charge in [0, 0.05) is 12.5 Å². The van der Waals surface area contributed by atoms with Gasteiger partial charge in [0.25, 0.3) is 0 Å². The molecule has 0 spiro atoms. The lowest BCUT2D eigenvalue weighted by atomic mass is 10.2. The van der Waals surface area contributed by atoms with Crippen LogP contribution in [-0.2, 0) is 13.1 Å². The van der Waals surface area contributed by atoms with Gasteiger partial charge in [-0.3, -0.25) is 0 Å². The zero-order valence-corrected chi connectivity index (χ0v) is 7.42. The van der Waals surface area contributed by atoms with Crippen molar-refractivity contribution in [1.29, 1.82) is 0 Å². The summed E-state index contributed by atoms with van der Waals surface area (Å²) in [5.74, 6) is 0.645. The molecule has 3 nitrogen and oxygen atoms in total. The minimum atomic E-state index is -0.540. The topological polar surface area (TPSA) is 38.1 Å². The molecular weight excluding hydrogens is 171 g/mol. The Morgan fingerprint density at radius 2 is 2.62 bits per heavy atom. The molecule has 0 aromatic carbocycles. The molecule has 2 heterocycles. The van der Waals surface area contributed by atoms with Crippen LogP contribution in [0.3, 0.4) is 0 Å². The molecule has 1 fully saturated rings. The van der Waals surface area contributed by atoms with Crippen molar-refractivity contribution in [2.45, 2.75) is 32.0 Å². The van der Waals surface area contributed by atoms with Crippen LogP contribution in [0.1, 0.15) is 24.4 Å². The van der Waals surface area contributed by atoms with Crippen molar-refractivity contribution < 1.29 is 8.81 Å². The Hall–Kier alpha value is -0.900. The number of oxazole rings is 1. The molecule has 4 heteroatoms. The Labute approximate surface area is 76.3 Å².